The van der Waals surface area contributed by atoms with E-state index in [9.17, 15) is 0 Å². The molecule has 2 heterocycles. The smallest absolute Gasteiger partial charge is 0.216 e. The Balaban J connectivity index is 1.80. The molecule has 0 bridgehead atoms. The standard InChI is InChI=1S/C14H14N6O2/c1-14(21-5-6-22-14)11-3-2-4-12(7-11)16-9-10(8-15)13-17-19-20-18-13/h2-4,7,9,16H,5-6H2,1H3,(H,17,18,19,20). The summed E-state index contributed by atoms with van der Waals surface area (Å²) in [6.07, 6.45) is 1.53. The lowest BCUT2D eigenvalue weighted by Gasteiger charge is -2.23. The molecule has 2 N–H and O–H groups in total. The second kappa shape index (κ2) is 5.93. The molecule has 0 aliphatic carbocycles. The molecule has 1 aliphatic heterocycles. The van der Waals surface area contributed by atoms with Crippen LogP contribution in [-0.4, -0.2) is 33.8 Å². The number of H-pyrrole nitrogens is 1. The highest BCUT2D eigenvalue weighted by Crippen LogP contribution is 2.32. The Morgan fingerprint density at radius 3 is 2.95 bits per heavy atom. The second-order valence-electron chi connectivity index (χ2n) is 4.77. The van der Waals surface area contributed by atoms with Gasteiger partial charge in [-0.3, -0.25) is 0 Å². The molecular formula is C14H14N6O2. The van der Waals surface area contributed by atoms with Crippen LogP contribution in [0, 0.1) is 11.3 Å². The summed E-state index contributed by atoms with van der Waals surface area (Å²) in [5.74, 6) is -0.492. The first-order valence-electron chi connectivity index (χ1n) is 6.70. The molecule has 1 saturated heterocycles. The number of ether oxygens (including phenoxy) is 2. The van der Waals surface area contributed by atoms with E-state index < -0.39 is 5.79 Å². The topological polar surface area (TPSA) is 109 Å². The van der Waals surface area contributed by atoms with Crippen molar-refractivity contribution in [2.24, 2.45) is 0 Å². The van der Waals surface area contributed by atoms with E-state index in [1.165, 1.54) is 6.20 Å². The van der Waals surface area contributed by atoms with Crippen molar-refractivity contribution in [3.63, 3.8) is 0 Å². The first kappa shape index (κ1) is 14.2. The lowest BCUT2D eigenvalue weighted by atomic mass is 10.1. The van der Waals surface area contributed by atoms with Crippen molar-refractivity contribution >= 4 is 11.3 Å². The Kier molecular flexibility index (Phi) is 3.82. The summed E-state index contributed by atoms with van der Waals surface area (Å²) in [4.78, 5) is 0. The summed E-state index contributed by atoms with van der Waals surface area (Å²) in [7, 11) is 0. The molecule has 0 amide bonds. The molecule has 112 valence electrons. The Morgan fingerprint density at radius 2 is 2.27 bits per heavy atom. The highest BCUT2D eigenvalue weighted by atomic mass is 16.7. The Morgan fingerprint density at radius 1 is 1.45 bits per heavy atom. The minimum Gasteiger partial charge on any atom is -0.360 e. The molecule has 1 aliphatic rings. The quantitative estimate of drug-likeness (QED) is 0.821. The first-order chi connectivity index (χ1) is 10.7. The molecule has 0 radical (unpaired) electrons. The van der Waals surface area contributed by atoms with Gasteiger partial charge in [-0.15, -0.1) is 10.2 Å². The van der Waals surface area contributed by atoms with E-state index in [1.54, 1.807) is 0 Å². The van der Waals surface area contributed by atoms with Crippen molar-refractivity contribution < 1.29 is 9.47 Å². The summed E-state index contributed by atoms with van der Waals surface area (Å²) >= 11 is 0. The van der Waals surface area contributed by atoms with Crippen molar-refractivity contribution in [2.75, 3.05) is 18.5 Å². The number of aromatic nitrogens is 4. The average molecular weight is 298 g/mol. The van der Waals surface area contributed by atoms with Gasteiger partial charge < -0.3 is 14.8 Å². The third-order valence-corrected chi connectivity index (χ3v) is 3.32. The number of nitriles is 1. The van der Waals surface area contributed by atoms with Crippen molar-refractivity contribution in [1.82, 2.24) is 20.6 Å². The molecule has 1 aromatic carbocycles. The zero-order valence-electron chi connectivity index (χ0n) is 11.9. The van der Waals surface area contributed by atoms with Gasteiger partial charge in [-0.05, 0) is 24.3 Å². The lowest BCUT2D eigenvalue weighted by molar-refractivity contribution is -0.149. The summed E-state index contributed by atoms with van der Waals surface area (Å²) in [6, 6.07) is 9.63. The first-order valence-corrected chi connectivity index (χ1v) is 6.70. The molecule has 22 heavy (non-hydrogen) atoms. The molecule has 3 rings (SSSR count). The van der Waals surface area contributed by atoms with Crippen LogP contribution >= 0.6 is 0 Å². The SMILES string of the molecule is CC1(c2cccc(NC=C(C#N)c3nn[nH]n3)c2)OCCO1. The van der Waals surface area contributed by atoms with Crippen LogP contribution in [0.1, 0.15) is 18.3 Å². The van der Waals surface area contributed by atoms with Crippen LogP contribution < -0.4 is 5.32 Å². The van der Waals surface area contributed by atoms with Gasteiger partial charge in [0.15, 0.2) is 5.79 Å². The van der Waals surface area contributed by atoms with Gasteiger partial charge in [-0.2, -0.15) is 10.5 Å². The minimum absolute atomic E-state index is 0.237. The van der Waals surface area contributed by atoms with Crippen molar-refractivity contribution in [1.29, 1.82) is 5.26 Å². The molecule has 1 fully saturated rings. The Labute approximate surface area is 126 Å². The number of hydrogen-bond donors (Lipinski definition) is 2. The maximum absolute atomic E-state index is 9.12. The molecule has 1 aromatic heterocycles. The Hall–Kier alpha value is -2.76. The largest absolute Gasteiger partial charge is 0.360 e. The van der Waals surface area contributed by atoms with E-state index >= 15 is 0 Å². The maximum Gasteiger partial charge on any atom is 0.216 e. The fraction of sp³-hybridized carbons (Fsp3) is 0.286. The summed E-state index contributed by atoms with van der Waals surface area (Å²) in [5, 5.41) is 25.5. The van der Waals surface area contributed by atoms with Gasteiger partial charge in [-0.1, -0.05) is 12.1 Å². The van der Waals surface area contributed by atoms with Crippen LogP contribution in [0.2, 0.25) is 0 Å². The zero-order chi connectivity index (χ0) is 15.4. The van der Waals surface area contributed by atoms with Gasteiger partial charge in [0.25, 0.3) is 0 Å². The van der Waals surface area contributed by atoms with Crippen molar-refractivity contribution in [2.45, 2.75) is 12.7 Å². The summed E-state index contributed by atoms with van der Waals surface area (Å²) in [5.41, 5.74) is 1.98. The number of allylic oxidation sites excluding steroid dienone is 1. The summed E-state index contributed by atoms with van der Waals surface area (Å²) < 4.78 is 11.3. The maximum atomic E-state index is 9.12. The lowest BCUT2D eigenvalue weighted by Crippen LogP contribution is -2.22. The molecule has 0 unspecified atom stereocenters. The molecule has 0 saturated carbocycles. The van der Waals surface area contributed by atoms with E-state index in [0.29, 0.717) is 13.2 Å². The number of anilines is 1. The van der Waals surface area contributed by atoms with Crippen molar-refractivity contribution in [3.05, 3.63) is 41.9 Å². The number of nitrogens with one attached hydrogen (secondary N) is 2. The highest BCUT2D eigenvalue weighted by Gasteiger charge is 2.33. The number of benzene rings is 1. The van der Waals surface area contributed by atoms with Gasteiger partial charge in [0, 0.05) is 17.5 Å². The molecule has 8 heteroatoms. The average Bonchev–Trinajstić information content (AvgIpc) is 3.21. The second-order valence-corrected chi connectivity index (χ2v) is 4.77. The molecular weight excluding hydrogens is 284 g/mol. The van der Waals surface area contributed by atoms with Gasteiger partial charge in [0.05, 0.1) is 13.2 Å². The van der Waals surface area contributed by atoms with Gasteiger partial charge >= 0.3 is 0 Å². The Bertz CT molecular complexity index is 713. The van der Waals surface area contributed by atoms with E-state index in [-0.39, 0.29) is 11.4 Å². The predicted octanol–water partition coefficient (Wildman–Crippen LogP) is 1.40. The van der Waals surface area contributed by atoms with Crippen LogP contribution in [-0.2, 0) is 15.3 Å². The number of aromatic amines is 1. The molecule has 0 spiro atoms. The third-order valence-electron chi connectivity index (χ3n) is 3.32. The van der Waals surface area contributed by atoms with Gasteiger partial charge in [0.2, 0.25) is 5.82 Å². The normalized spacial score (nSPS) is 17.2. The van der Waals surface area contributed by atoms with E-state index in [4.69, 9.17) is 14.7 Å². The number of nitrogens with zero attached hydrogens (tertiary/aromatic N) is 4. The fourth-order valence-corrected chi connectivity index (χ4v) is 2.15. The van der Waals surface area contributed by atoms with Gasteiger partial charge in [0.1, 0.15) is 11.6 Å². The van der Waals surface area contributed by atoms with Crippen LogP contribution in [0.15, 0.2) is 30.5 Å². The fourth-order valence-electron chi connectivity index (χ4n) is 2.15. The van der Waals surface area contributed by atoms with E-state index in [2.05, 4.69) is 25.9 Å². The molecule has 8 nitrogen and oxygen atoms in total. The minimum atomic E-state index is -0.729. The highest BCUT2D eigenvalue weighted by molar-refractivity contribution is 5.74. The van der Waals surface area contributed by atoms with Crippen LogP contribution in [0.25, 0.3) is 5.57 Å². The molecule has 0 atom stereocenters. The van der Waals surface area contributed by atoms with E-state index in [0.717, 1.165) is 11.3 Å². The third kappa shape index (κ3) is 2.81. The van der Waals surface area contributed by atoms with Crippen LogP contribution in [0.3, 0.4) is 0 Å². The van der Waals surface area contributed by atoms with Gasteiger partial charge in [-0.25, -0.2) is 0 Å². The predicted molar refractivity (Wildman–Crippen MR) is 77.1 cm³/mol. The monoisotopic (exact) mass is 298 g/mol. The number of rotatable bonds is 4. The number of hydrogen-bond acceptors (Lipinski definition) is 7. The van der Waals surface area contributed by atoms with Crippen LogP contribution in [0.4, 0.5) is 5.69 Å². The van der Waals surface area contributed by atoms with Crippen molar-refractivity contribution in [3.8, 4) is 6.07 Å². The van der Waals surface area contributed by atoms with E-state index in [1.807, 2.05) is 37.3 Å². The number of tetrazole rings is 1. The molecule has 2 aromatic rings. The summed E-state index contributed by atoms with van der Waals surface area (Å²) in [6.45, 7) is 3.03. The van der Waals surface area contributed by atoms with Crippen LogP contribution in [0.5, 0.6) is 0 Å². The zero-order valence-corrected chi connectivity index (χ0v) is 11.9.